The molecule has 0 amide bonds. The Morgan fingerprint density at radius 3 is 1.52 bits per heavy atom. The fourth-order valence-corrected chi connectivity index (χ4v) is 4.32. The Hall–Kier alpha value is -0.493. The van der Waals surface area contributed by atoms with Gasteiger partial charge in [0.1, 0.15) is 0 Å². The quantitative estimate of drug-likeness (QED) is 0.464. The van der Waals surface area contributed by atoms with Gasteiger partial charge in [0.15, 0.2) is 0 Å². The Labute approximate surface area is 132 Å². The van der Waals surface area contributed by atoms with E-state index in [2.05, 4.69) is 20.8 Å². The SMILES string of the molecule is CCC(C)=C(C)C=N.CCC[Si](OCC)(OCC)OCC. The normalized spacial score (nSPS) is 12.3. The Balaban J connectivity index is 0. The fraction of sp³-hybridized carbons (Fsp3) is 0.812. The van der Waals surface area contributed by atoms with Gasteiger partial charge >= 0.3 is 8.80 Å². The first-order valence-corrected chi connectivity index (χ1v) is 9.98. The van der Waals surface area contributed by atoms with Crippen LogP contribution in [-0.2, 0) is 13.3 Å². The molecule has 0 fully saturated rings. The Kier molecular flexibility index (Phi) is 15.7. The Morgan fingerprint density at radius 1 is 0.905 bits per heavy atom. The van der Waals surface area contributed by atoms with Crippen molar-refractivity contribution in [3.8, 4) is 0 Å². The van der Waals surface area contributed by atoms with Crippen LogP contribution in [-0.4, -0.2) is 34.8 Å². The van der Waals surface area contributed by atoms with E-state index in [-0.39, 0.29) is 0 Å². The van der Waals surface area contributed by atoms with Crippen LogP contribution in [0.1, 0.15) is 61.3 Å². The summed E-state index contributed by atoms with van der Waals surface area (Å²) >= 11 is 0. The first-order chi connectivity index (χ1) is 9.96. The minimum Gasteiger partial charge on any atom is -0.374 e. The lowest BCUT2D eigenvalue weighted by atomic mass is 10.1. The molecule has 0 spiro atoms. The van der Waals surface area contributed by atoms with Crippen molar-refractivity contribution in [3.63, 3.8) is 0 Å². The van der Waals surface area contributed by atoms with E-state index in [1.807, 2.05) is 27.7 Å². The van der Waals surface area contributed by atoms with Crippen LogP contribution in [0.4, 0.5) is 0 Å². The van der Waals surface area contributed by atoms with Gasteiger partial charge in [-0.15, -0.1) is 0 Å². The highest BCUT2D eigenvalue weighted by atomic mass is 28.4. The Bertz CT molecular complexity index is 264. The second kappa shape index (κ2) is 14.4. The molecule has 0 rings (SSSR count). The van der Waals surface area contributed by atoms with Crippen molar-refractivity contribution in [1.29, 1.82) is 5.41 Å². The topological polar surface area (TPSA) is 51.5 Å². The van der Waals surface area contributed by atoms with Crippen molar-refractivity contribution in [3.05, 3.63) is 11.1 Å². The molecule has 0 aliphatic heterocycles. The van der Waals surface area contributed by atoms with Crippen molar-refractivity contribution in [2.75, 3.05) is 19.8 Å². The number of allylic oxidation sites excluding steroid dienone is 2. The molecule has 21 heavy (non-hydrogen) atoms. The van der Waals surface area contributed by atoms with Gasteiger partial charge in [-0.2, -0.15) is 0 Å². The maximum Gasteiger partial charge on any atom is 0.500 e. The van der Waals surface area contributed by atoms with Gasteiger partial charge in [0, 0.05) is 32.1 Å². The van der Waals surface area contributed by atoms with Gasteiger partial charge in [-0.3, -0.25) is 0 Å². The fourth-order valence-electron chi connectivity index (χ4n) is 1.71. The predicted molar refractivity (Wildman–Crippen MR) is 93.2 cm³/mol. The molecule has 0 saturated heterocycles. The summed E-state index contributed by atoms with van der Waals surface area (Å²) in [5, 5.41) is 6.86. The molecule has 0 saturated carbocycles. The molecule has 0 aliphatic carbocycles. The van der Waals surface area contributed by atoms with Crippen LogP contribution in [0.2, 0.25) is 6.04 Å². The molecule has 4 nitrogen and oxygen atoms in total. The van der Waals surface area contributed by atoms with Crippen molar-refractivity contribution in [1.82, 2.24) is 0 Å². The van der Waals surface area contributed by atoms with Gasteiger partial charge in [0.05, 0.1) is 0 Å². The van der Waals surface area contributed by atoms with Gasteiger partial charge < -0.3 is 18.7 Å². The molecule has 0 aromatic carbocycles. The van der Waals surface area contributed by atoms with Crippen molar-refractivity contribution in [2.45, 2.75) is 67.4 Å². The summed E-state index contributed by atoms with van der Waals surface area (Å²) in [7, 11) is -2.30. The summed E-state index contributed by atoms with van der Waals surface area (Å²) in [6.07, 6.45) is 3.51. The molecule has 0 heterocycles. The van der Waals surface area contributed by atoms with Crippen LogP contribution >= 0.6 is 0 Å². The smallest absolute Gasteiger partial charge is 0.374 e. The van der Waals surface area contributed by atoms with E-state index in [1.165, 1.54) is 11.8 Å². The van der Waals surface area contributed by atoms with Crippen LogP contribution in [0.25, 0.3) is 0 Å². The van der Waals surface area contributed by atoms with Gasteiger partial charge in [-0.05, 0) is 46.6 Å². The summed E-state index contributed by atoms with van der Waals surface area (Å²) in [5.41, 5.74) is 2.40. The second-order valence-corrected chi connectivity index (χ2v) is 7.43. The summed E-state index contributed by atoms with van der Waals surface area (Å²) in [6.45, 7) is 16.2. The summed E-state index contributed by atoms with van der Waals surface area (Å²) < 4.78 is 16.9. The first kappa shape index (κ1) is 22.8. The van der Waals surface area contributed by atoms with Crippen molar-refractivity contribution in [2.24, 2.45) is 0 Å². The number of hydrogen-bond donors (Lipinski definition) is 1. The number of hydrogen-bond acceptors (Lipinski definition) is 4. The summed E-state index contributed by atoms with van der Waals surface area (Å²) in [5.74, 6) is 0. The highest BCUT2D eigenvalue weighted by molar-refractivity contribution is 6.60. The number of rotatable bonds is 10. The van der Waals surface area contributed by atoms with E-state index >= 15 is 0 Å². The lowest BCUT2D eigenvalue weighted by Crippen LogP contribution is -2.45. The largest absolute Gasteiger partial charge is 0.500 e. The zero-order chi connectivity index (χ0) is 16.7. The van der Waals surface area contributed by atoms with Gasteiger partial charge in [-0.25, -0.2) is 0 Å². The minimum absolute atomic E-state index is 0.673. The zero-order valence-corrected chi connectivity index (χ0v) is 16.0. The first-order valence-electron chi connectivity index (χ1n) is 8.05. The van der Waals surface area contributed by atoms with Gasteiger partial charge in [0.25, 0.3) is 0 Å². The molecule has 0 aliphatic rings. The average molecular weight is 318 g/mol. The van der Waals surface area contributed by atoms with Crippen molar-refractivity contribution < 1.29 is 13.3 Å². The molecule has 1 N–H and O–H groups in total. The maximum atomic E-state index is 6.86. The zero-order valence-electron chi connectivity index (χ0n) is 15.0. The molecule has 0 unspecified atom stereocenters. The highest BCUT2D eigenvalue weighted by Gasteiger charge is 2.38. The third-order valence-corrected chi connectivity index (χ3v) is 6.37. The lowest BCUT2D eigenvalue weighted by Gasteiger charge is -2.27. The molecule has 5 heteroatoms. The third-order valence-electron chi connectivity index (χ3n) is 3.07. The lowest BCUT2D eigenvalue weighted by molar-refractivity contribution is 0.0712. The molecule has 126 valence electrons. The van der Waals surface area contributed by atoms with Gasteiger partial charge in [-0.1, -0.05) is 25.8 Å². The predicted octanol–water partition coefficient (Wildman–Crippen LogP) is 4.83. The van der Waals surface area contributed by atoms with E-state index in [4.69, 9.17) is 18.7 Å². The molecule has 0 radical (unpaired) electrons. The van der Waals surface area contributed by atoms with Crippen molar-refractivity contribution >= 4 is 15.0 Å². The van der Waals surface area contributed by atoms with Crippen LogP contribution in [0.3, 0.4) is 0 Å². The average Bonchev–Trinajstić information content (AvgIpc) is 2.47. The molecule has 0 bridgehead atoms. The van der Waals surface area contributed by atoms with Crippen LogP contribution in [0, 0.1) is 5.41 Å². The third kappa shape index (κ3) is 10.8. The molecule has 0 aromatic rings. The van der Waals surface area contributed by atoms with E-state index in [9.17, 15) is 0 Å². The van der Waals surface area contributed by atoms with E-state index in [0.29, 0.717) is 19.8 Å². The van der Waals surface area contributed by atoms with E-state index in [0.717, 1.165) is 24.5 Å². The Morgan fingerprint density at radius 2 is 1.33 bits per heavy atom. The van der Waals surface area contributed by atoms with Gasteiger partial charge in [0.2, 0.25) is 0 Å². The van der Waals surface area contributed by atoms with Crippen LogP contribution < -0.4 is 0 Å². The molecule has 0 aromatic heterocycles. The molecule has 0 atom stereocenters. The highest BCUT2D eigenvalue weighted by Crippen LogP contribution is 2.17. The summed E-state index contributed by atoms with van der Waals surface area (Å²) in [4.78, 5) is 0. The van der Waals surface area contributed by atoms with Crippen LogP contribution in [0.5, 0.6) is 0 Å². The standard InChI is InChI=1S/C9H22O3Si.C7H13N/c1-5-9-13(10-6-2,11-7-3)12-8-4;1-4-6(2)7(3)5-8/h5-9H2,1-4H3;5,8H,4H2,1-3H3. The maximum absolute atomic E-state index is 6.86. The van der Waals surface area contributed by atoms with Crippen LogP contribution in [0.15, 0.2) is 11.1 Å². The second-order valence-electron chi connectivity index (χ2n) is 4.69. The van der Waals surface area contributed by atoms with E-state index in [1.54, 1.807) is 0 Å². The molecular weight excluding hydrogens is 282 g/mol. The molecular formula is C16H35NO3Si. The van der Waals surface area contributed by atoms with E-state index < -0.39 is 8.80 Å². The minimum atomic E-state index is -2.30. The monoisotopic (exact) mass is 317 g/mol. The number of nitrogens with one attached hydrogen (secondary N) is 1. The summed E-state index contributed by atoms with van der Waals surface area (Å²) in [6, 6.07) is 0.919.